The van der Waals surface area contributed by atoms with Gasteiger partial charge in [-0.25, -0.2) is 4.79 Å². The molecule has 11 heteroatoms. The highest BCUT2D eigenvalue weighted by molar-refractivity contribution is 5.73. The Hall–Kier alpha value is -3.38. The fourth-order valence-corrected chi connectivity index (χ4v) is 6.45. The van der Waals surface area contributed by atoms with Gasteiger partial charge in [-0.05, 0) is 69.9 Å². The first-order valence-electron chi connectivity index (χ1n) is 17.6. The highest BCUT2D eigenvalue weighted by Gasteiger charge is 2.41. The standard InChI is InChI=1S/C38H57N3O8/c1-8-46-27(2)24-45-25-29-10-13-31(14-11-29)36-32(21-39-28(3)42)22-41(37(43)49-38(4,5)6)23-35(36)48-26-30-12-15-34-33(20-30)40(17-19-47-34)16-9-18-44-7/h10-15,20,27,32,35-36H,8-9,16-19,21-26H2,1-7H3,(H,39,42)/t27-,32-,35+,36+/m1/s1. The number of ether oxygens (including phenoxy) is 6. The second-order valence-electron chi connectivity index (χ2n) is 14.0. The summed E-state index contributed by atoms with van der Waals surface area (Å²) in [6, 6.07) is 14.6. The molecule has 272 valence electrons. The maximum Gasteiger partial charge on any atom is 0.410 e. The zero-order chi connectivity index (χ0) is 35.4. The second-order valence-corrected chi connectivity index (χ2v) is 14.0. The Morgan fingerprint density at radius 1 is 1.06 bits per heavy atom. The Kier molecular flexibility index (Phi) is 14.6. The van der Waals surface area contributed by atoms with Crippen LogP contribution in [0.1, 0.15) is 70.6 Å². The van der Waals surface area contributed by atoms with Gasteiger partial charge in [-0.2, -0.15) is 0 Å². The molecule has 1 N–H and O–H groups in total. The summed E-state index contributed by atoms with van der Waals surface area (Å²) in [4.78, 5) is 29.6. The average Bonchev–Trinajstić information content (AvgIpc) is 3.06. The van der Waals surface area contributed by atoms with Crippen LogP contribution in [-0.4, -0.2) is 101 Å². The molecule has 4 atom stereocenters. The first-order chi connectivity index (χ1) is 23.5. The van der Waals surface area contributed by atoms with Gasteiger partial charge in [0.05, 0.1) is 50.8 Å². The molecule has 2 aromatic carbocycles. The van der Waals surface area contributed by atoms with Crippen LogP contribution in [0.2, 0.25) is 0 Å². The van der Waals surface area contributed by atoms with E-state index in [-0.39, 0.29) is 30.0 Å². The average molecular weight is 684 g/mol. The van der Waals surface area contributed by atoms with Crippen molar-refractivity contribution < 1.29 is 38.0 Å². The molecule has 0 bridgehead atoms. The van der Waals surface area contributed by atoms with Gasteiger partial charge < -0.3 is 43.5 Å². The first kappa shape index (κ1) is 38.4. The number of fused-ring (bicyclic) bond motifs is 1. The summed E-state index contributed by atoms with van der Waals surface area (Å²) in [7, 11) is 1.72. The monoisotopic (exact) mass is 683 g/mol. The quantitative estimate of drug-likeness (QED) is 0.229. The molecule has 2 aliphatic rings. The summed E-state index contributed by atoms with van der Waals surface area (Å²) in [6.07, 6.45) is 0.208. The molecule has 2 aromatic rings. The highest BCUT2D eigenvalue weighted by atomic mass is 16.6. The van der Waals surface area contributed by atoms with E-state index in [1.165, 1.54) is 6.92 Å². The van der Waals surface area contributed by atoms with Gasteiger partial charge in [0.2, 0.25) is 5.91 Å². The first-order valence-corrected chi connectivity index (χ1v) is 17.6. The van der Waals surface area contributed by atoms with E-state index in [2.05, 4.69) is 40.5 Å². The third-order valence-corrected chi connectivity index (χ3v) is 8.69. The Morgan fingerprint density at radius 3 is 2.51 bits per heavy atom. The molecular formula is C38H57N3O8. The molecule has 2 amide bonds. The number of piperidine rings is 1. The number of rotatable bonds is 16. The van der Waals surface area contributed by atoms with E-state index in [1.54, 1.807) is 12.0 Å². The van der Waals surface area contributed by atoms with Gasteiger partial charge in [-0.3, -0.25) is 4.79 Å². The molecule has 2 heterocycles. The minimum absolute atomic E-state index is 0.0354. The Balaban J connectivity index is 1.58. The predicted octanol–water partition coefficient (Wildman–Crippen LogP) is 5.54. The second kappa shape index (κ2) is 18.6. The summed E-state index contributed by atoms with van der Waals surface area (Å²) in [6.45, 7) is 17.3. The van der Waals surface area contributed by atoms with Crippen LogP contribution >= 0.6 is 0 Å². The lowest BCUT2D eigenvalue weighted by molar-refractivity contribution is -0.119. The number of anilines is 1. The molecule has 0 unspecified atom stereocenters. The van der Waals surface area contributed by atoms with Crippen molar-refractivity contribution >= 4 is 17.7 Å². The van der Waals surface area contributed by atoms with Crippen molar-refractivity contribution in [3.05, 3.63) is 59.2 Å². The molecule has 0 saturated carbocycles. The Morgan fingerprint density at radius 2 is 1.82 bits per heavy atom. The van der Waals surface area contributed by atoms with E-state index < -0.39 is 11.7 Å². The lowest BCUT2D eigenvalue weighted by Gasteiger charge is -2.44. The van der Waals surface area contributed by atoms with E-state index in [9.17, 15) is 9.59 Å². The van der Waals surface area contributed by atoms with Crippen molar-refractivity contribution in [2.45, 2.75) is 84.9 Å². The Labute approximate surface area is 292 Å². The predicted molar refractivity (Wildman–Crippen MR) is 189 cm³/mol. The van der Waals surface area contributed by atoms with Crippen molar-refractivity contribution in [1.82, 2.24) is 10.2 Å². The summed E-state index contributed by atoms with van der Waals surface area (Å²) in [5.74, 6) is 0.541. The van der Waals surface area contributed by atoms with E-state index >= 15 is 0 Å². The number of nitrogens with one attached hydrogen (secondary N) is 1. The number of likely N-dealkylation sites (tertiary alicyclic amines) is 1. The van der Waals surface area contributed by atoms with E-state index in [0.717, 1.165) is 47.6 Å². The van der Waals surface area contributed by atoms with Crippen molar-refractivity contribution in [1.29, 1.82) is 0 Å². The van der Waals surface area contributed by atoms with E-state index in [0.29, 0.717) is 59.3 Å². The van der Waals surface area contributed by atoms with Crippen molar-refractivity contribution in [3.63, 3.8) is 0 Å². The molecule has 2 aliphatic heterocycles. The SMILES string of the molecule is CCO[C@H](C)COCc1ccc([C@H]2[C@H](CNC(C)=O)CN(C(=O)OC(C)(C)C)C[C@@H]2OCc2ccc3c(c2)N(CCCOC)CCO3)cc1. The molecule has 0 spiro atoms. The molecule has 1 saturated heterocycles. The summed E-state index contributed by atoms with van der Waals surface area (Å²) in [5, 5.41) is 3.00. The lowest BCUT2D eigenvalue weighted by atomic mass is 9.78. The topological polar surface area (TPSA) is 108 Å². The van der Waals surface area contributed by atoms with Crippen molar-refractivity contribution in [2.75, 3.05) is 71.2 Å². The summed E-state index contributed by atoms with van der Waals surface area (Å²) >= 11 is 0. The van der Waals surface area contributed by atoms with E-state index in [1.807, 2.05) is 46.8 Å². The zero-order valence-corrected chi connectivity index (χ0v) is 30.5. The number of carbonyl (C=O) groups is 2. The third-order valence-electron chi connectivity index (χ3n) is 8.69. The van der Waals surface area contributed by atoms with Crippen molar-refractivity contribution in [3.8, 4) is 5.75 Å². The van der Waals surface area contributed by atoms with Crippen LogP contribution in [0.15, 0.2) is 42.5 Å². The molecule has 0 radical (unpaired) electrons. The zero-order valence-electron chi connectivity index (χ0n) is 30.5. The molecule has 49 heavy (non-hydrogen) atoms. The van der Waals surface area contributed by atoms with Gasteiger partial charge in [0, 0.05) is 58.7 Å². The number of methoxy groups -OCH3 is 1. The van der Waals surface area contributed by atoms with Crippen LogP contribution in [0.5, 0.6) is 5.75 Å². The van der Waals surface area contributed by atoms with Gasteiger partial charge >= 0.3 is 6.09 Å². The van der Waals surface area contributed by atoms with Crippen molar-refractivity contribution in [2.24, 2.45) is 5.92 Å². The normalized spacial score (nSPS) is 19.9. The number of amides is 2. The van der Waals surface area contributed by atoms with Crippen LogP contribution in [-0.2, 0) is 41.7 Å². The number of nitrogens with zero attached hydrogens (tertiary/aromatic N) is 2. The minimum Gasteiger partial charge on any atom is -0.490 e. The van der Waals surface area contributed by atoms with Gasteiger partial charge in [0.25, 0.3) is 0 Å². The number of hydrogen-bond acceptors (Lipinski definition) is 9. The van der Waals surface area contributed by atoms with Gasteiger partial charge in [0.15, 0.2) is 0 Å². The van der Waals surface area contributed by atoms with Crippen LogP contribution in [0.4, 0.5) is 10.5 Å². The van der Waals surface area contributed by atoms with Gasteiger partial charge in [-0.1, -0.05) is 30.3 Å². The minimum atomic E-state index is -0.643. The fourth-order valence-electron chi connectivity index (χ4n) is 6.45. The summed E-state index contributed by atoms with van der Waals surface area (Å²) in [5.41, 5.74) is 3.56. The van der Waals surface area contributed by atoms with Crippen LogP contribution in [0, 0.1) is 5.92 Å². The highest BCUT2D eigenvalue weighted by Crippen LogP contribution is 2.37. The smallest absolute Gasteiger partial charge is 0.410 e. The van der Waals surface area contributed by atoms with Gasteiger partial charge in [-0.15, -0.1) is 0 Å². The fraction of sp³-hybridized carbons (Fsp3) is 0.632. The molecule has 0 aromatic heterocycles. The number of carbonyl (C=O) groups excluding carboxylic acids is 2. The number of hydrogen-bond donors (Lipinski definition) is 1. The molecular weight excluding hydrogens is 626 g/mol. The maximum absolute atomic E-state index is 13.4. The largest absolute Gasteiger partial charge is 0.490 e. The lowest BCUT2D eigenvalue weighted by Crippen LogP contribution is -2.54. The summed E-state index contributed by atoms with van der Waals surface area (Å²) < 4.78 is 35.3. The molecule has 4 rings (SSSR count). The van der Waals surface area contributed by atoms with Crippen LogP contribution in [0.3, 0.4) is 0 Å². The van der Waals surface area contributed by atoms with E-state index in [4.69, 9.17) is 28.4 Å². The maximum atomic E-state index is 13.4. The van der Waals surface area contributed by atoms with Gasteiger partial charge in [0.1, 0.15) is 18.0 Å². The number of benzene rings is 2. The Bertz CT molecular complexity index is 1330. The molecule has 0 aliphatic carbocycles. The van der Waals surface area contributed by atoms with Crippen LogP contribution < -0.4 is 15.0 Å². The molecule has 1 fully saturated rings. The third kappa shape index (κ3) is 11.9. The molecule has 11 nitrogen and oxygen atoms in total. The van der Waals surface area contributed by atoms with Crippen LogP contribution in [0.25, 0.3) is 0 Å².